The Hall–Kier alpha value is -1.29. The summed E-state index contributed by atoms with van der Waals surface area (Å²) < 4.78 is 1.91. The minimum atomic E-state index is 0.880. The van der Waals surface area contributed by atoms with Crippen molar-refractivity contribution < 1.29 is 0 Å². The highest BCUT2D eigenvalue weighted by atomic mass is 32.1. The van der Waals surface area contributed by atoms with E-state index >= 15 is 0 Å². The summed E-state index contributed by atoms with van der Waals surface area (Å²) in [6.45, 7) is 4.99. The fourth-order valence-corrected chi connectivity index (χ4v) is 2.26. The Bertz CT molecular complexity index is 443. The molecule has 3 nitrogen and oxygen atoms in total. The molecule has 2 heterocycles. The minimum Gasteiger partial charge on any atom is -0.377 e. The molecule has 0 aliphatic heterocycles. The molecule has 0 atom stereocenters. The van der Waals surface area contributed by atoms with Gasteiger partial charge in [0.25, 0.3) is 0 Å². The number of aryl methyl sites for hydroxylation is 2. The summed E-state index contributed by atoms with van der Waals surface area (Å²) in [7, 11) is 1.97. The van der Waals surface area contributed by atoms with Crippen LogP contribution in [0.1, 0.15) is 16.3 Å². The predicted octanol–water partition coefficient (Wildman–Crippen LogP) is 2.71. The highest BCUT2D eigenvalue weighted by Gasteiger charge is 2.08. The summed E-state index contributed by atoms with van der Waals surface area (Å²) in [5.41, 5.74) is 3.40. The Morgan fingerprint density at radius 2 is 2.27 bits per heavy atom. The van der Waals surface area contributed by atoms with E-state index in [1.807, 2.05) is 18.7 Å². The normalized spacial score (nSPS) is 10.6. The van der Waals surface area contributed by atoms with Crippen LogP contribution in [0.5, 0.6) is 0 Å². The number of nitrogens with zero attached hydrogens (tertiary/aromatic N) is 2. The SMILES string of the molecule is Cc1nn(C)c(C)c1NCc1cccs1. The van der Waals surface area contributed by atoms with Gasteiger partial charge in [-0.3, -0.25) is 4.68 Å². The lowest BCUT2D eigenvalue weighted by atomic mass is 10.3. The van der Waals surface area contributed by atoms with Gasteiger partial charge in [-0.2, -0.15) is 5.10 Å². The highest BCUT2D eigenvalue weighted by molar-refractivity contribution is 7.09. The molecule has 2 aromatic rings. The van der Waals surface area contributed by atoms with Gasteiger partial charge in [0.05, 0.1) is 17.1 Å². The average molecular weight is 221 g/mol. The molecule has 80 valence electrons. The average Bonchev–Trinajstić information content (AvgIpc) is 2.76. The molecule has 0 saturated heterocycles. The van der Waals surface area contributed by atoms with E-state index in [1.165, 1.54) is 10.6 Å². The first kappa shape index (κ1) is 10.2. The molecule has 0 unspecified atom stereocenters. The van der Waals surface area contributed by atoms with Crippen molar-refractivity contribution in [3.8, 4) is 0 Å². The van der Waals surface area contributed by atoms with Crippen LogP contribution in [-0.2, 0) is 13.6 Å². The van der Waals surface area contributed by atoms with Crippen molar-refractivity contribution in [2.45, 2.75) is 20.4 Å². The third-order valence-electron chi connectivity index (χ3n) is 2.53. The topological polar surface area (TPSA) is 29.9 Å². The van der Waals surface area contributed by atoms with Crippen LogP contribution < -0.4 is 5.32 Å². The van der Waals surface area contributed by atoms with Gasteiger partial charge < -0.3 is 5.32 Å². The van der Waals surface area contributed by atoms with Crippen LogP contribution >= 0.6 is 11.3 Å². The van der Waals surface area contributed by atoms with Gasteiger partial charge in [0.15, 0.2) is 0 Å². The van der Waals surface area contributed by atoms with Gasteiger partial charge in [0.2, 0.25) is 0 Å². The molecule has 0 fully saturated rings. The smallest absolute Gasteiger partial charge is 0.0827 e. The maximum atomic E-state index is 4.37. The molecule has 15 heavy (non-hydrogen) atoms. The van der Waals surface area contributed by atoms with Gasteiger partial charge in [0.1, 0.15) is 0 Å². The molecule has 0 aromatic carbocycles. The highest BCUT2D eigenvalue weighted by Crippen LogP contribution is 2.20. The lowest BCUT2D eigenvalue weighted by Crippen LogP contribution is -2.00. The summed E-state index contributed by atoms with van der Waals surface area (Å²) in [5.74, 6) is 0. The molecule has 2 rings (SSSR count). The van der Waals surface area contributed by atoms with E-state index in [0.29, 0.717) is 0 Å². The van der Waals surface area contributed by atoms with E-state index in [2.05, 4.69) is 34.9 Å². The number of thiophene rings is 1. The number of rotatable bonds is 3. The van der Waals surface area contributed by atoms with Crippen molar-refractivity contribution in [1.82, 2.24) is 9.78 Å². The number of nitrogens with one attached hydrogen (secondary N) is 1. The lowest BCUT2D eigenvalue weighted by molar-refractivity contribution is 0.731. The lowest BCUT2D eigenvalue weighted by Gasteiger charge is -2.04. The minimum absolute atomic E-state index is 0.880. The van der Waals surface area contributed by atoms with Crippen LogP contribution in [0.4, 0.5) is 5.69 Å². The van der Waals surface area contributed by atoms with E-state index in [4.69, 9.17) is 0 Å². The zero-order valence-electron chi connectivity index (χ0n) is 9.24. The van der Waals surface area contributed by atoms with Crippen molar-refractivity contribution in [2.75, 3.05) is 5.32 Å². The Balaban J connectivity index is 2.11. The molecule has 4 heteroatoms. The molecule has 0 saturated carbocycles. The van der Waals surface area contributed by atoms with Gasteiger partial charge in [-0.15, -0.1) is 11.3 Å². The second-order valence-electron chi connectivity index (χ2n) is 3.60. The molecule has 0 spiro atoms. The van der Waals surface area contributed by atoms with Crippen LogP contribution in [-0.4, -0.2) is 9.78 Å². The zero-order valence-corrected chi connectivity index (χ0v) is 10.1. The van der Waals surface area contributed by atoms with E-state index in [0.717, 1.165) is 17.9 Å². The van der Waals surface area contributed by atoms with Gasteiger partial charge >= 0.3 is 0 Å². The maximum absolute atomic E-state index is 4.37. The standard InChI is InChI=1S/C11H15N3S/c1-8-11(9(2)14(3)13-8)12-7-10-5-4-6-15-10/h4-6,12H,7H2,1-3H3. The van der Waals surface area contributed by atoms with Crippen LogP contribution in [0.3, 0.4) is 0 Å². The summed E-state index contributed by atoms with van der Waals surface area (Å²) in [5, 5.41) is 9.90. The van der Waals surface area contributed by atoms with E-state index in [1.54, 1.807) is 11.3 Å². The molecule has 0 bridgehead atoms. The Kier molecular flexibility index (Phi) is 2.77. The quantitative estimate of drug-likeness (QED) is 0.863. The van der Waals surface area contributed by atoms with Crippen molar-refractivity contribution in [3.05, 3.63) is 33.8 Å². The Morgan fingerprint density at radius 1 is 1.47 bits per heavy atom. The molecule has 0 amide bonds. The number of anilines is 1. The van der Waals surface area contributed by atoms with Crippen molar-refractivity contribution in [3.63, 3.8) is 0 Å². The van der Waals surface area contributed by atoms with Crippen molar-refractivity contribution >= 4 is 17.0 Å². The first-order chi connectivity index (χ1) is 7.18. The van der Waals surface area contributed by atoms with Crippen LogP contribution in [0.2, 0.25) is 0 Å². The zero-order chi connectivity index (χ0) is 10.8. The Labute approximate surface area is 93.7 Å². The van der Waals surface area contributed by atoms with E-state index in [9.17, 15) is 0 Å². The molecule has 2 aromatic heterocycles. The molecular formula is C11H15N3S. The van der Waals surface area contributed by atoms with Gasteiger partial charge in [-0.05, 0) is 25.3 Å². The summed E-state index contributed by atoms with van der Waals surface area (Å²) in [4.78, 5) is 1.35. The predicted molar refractivity (Wildman–Crippen MR) is 64.3 cm³/mol. The second kappa shape index (κ2) is 4.06. The van der Waals surface area contributed by atoms with Crippen LogP contribution in [0.15, 0.2) is 17.5 Å². The van der Waals surface area contributed by atoms with Crippen molar-refractivity contribution in [1.29, 1.82) is 0 Å². The maximum Gasteiger partial charge on any atom is 0.0827 e. The first-order valence-electron chi connectivity index (χ1n) is 4.95. The van der Waals surface area contributed by atoms with E-state index < -0.39 is 0 Å². The fraction of sp³-hybridized carbons (Fsp3) is 0.364. The molecule has 0 aliphatic carbocycles. The fourth-order valence-electron chi connectivity index (χ4n) is 1.62. The van der Waals surface area contributed by atoms with Crippen LogP contribution in [0, 0.1) is 13.8 Å². The first-order valence-corrected chi connectivity index (χ1v) is 5.83. The van der Waals surface area contributed by atoms with E-state index in [-0.39, 0.29) is 0 Å². The van der Waals surface area contributed by atoms with Gasteiger partial charge in [-0.1, -0.05) is 6.07 Å². The van der Waals surface area contributed by atoms with Gasteiger partial charge in [0, 0.05) is 18.5 Å². The molecule has 0 radical (unpaired) electrons. The number of hydrogen-bond acceptors (Lipinski definition) is 3. The molecule has 0 aliphatic rings. The second-order valence-corrected chi connectivity index (χ2v) is 4.63. The third kappa shape index (κ3) is 2.04. The monoisotopic (exact) mass is 221 g/mol. The summed E-state index contributed by atoms with van der Waals surface area (Å²) >= 11 is 1.77. The number of hydrogen-bond donors (Lipinski definition) is 1. The molecule has 1 N–H and O–H groups in total. The third-order valence-corrected chi connectivity index (χ3v) is 3.40. The van der Waals surface area contributed by atoms with Crippen LogP contribution in [0.25, 0.3) is 0 Å². The molecular weight excluding hydrogens is 206 g/mol. The largest absolute Gasteiger partial charge is 0.377 e. The summed E-state index contributed by atoms with van der Waals surface area (Å²) in [6, 6.07) is 4.21. The Morgan fingerprint density at radius 3 is 2.80 bits per heavy atom. The van der Waals surface area contributed by atoms with Gasteiger partial charge in [-0.25, -0.2) is 0 Å². The van der Waals surface area contributed by atoms with Crippen molar-refractivity contribution in [2.24, 2.45) is 7.05 Å². The number of aromatic nitrogens is 2. The summed E-state index contributed by atoms with van der Waals surface area (Å²) in [6.07, 6.45) is 0.